The Morgan fingerprint density at radius 2 is 1.88 bits per heavy atom. The summed E-state index contributed by atoms with van der Waals surface area (Å²) in [7, 11) is 1.55. The van der Waals surface area contributed by atoms with E-state index in [1.165, 1.54) is 13.0 Å². The van der Waals surface area contributed by atoms with Crippen LogP contribution in [0, 0.1) is 0 Å². The van der Waals surface area contributed by atoms with E-state index in [2.05, 4.69) is 5.32 Å². The molecule has 2 aromatic carbocycles. The van der Waals surface area contributed by atoms with E-state index < -0.39 is 11.2 Å². The predicted octanol–water partition coefficient (Wildman–Crippen LogP) is 3.13. The number of nitrogens with one attached hydrogen (secondary N) is 1. The second kappa shape index (κ2) is 6.08. The average Bonchev–Trinajstić information content (AvgIpc) is 2.58. The van der Waals surface area contributed by atoms with Crippen molar-refractivity contribution in [2.24, 2.45) is 0 Å². The fraction of sp³-hybridized carbons (Fsp3) is 0.111. The summed E-state index contributed by atoms with van der Waals surface area (Å²) in [6.07, 6.45) is 0. The molecule has 0 saturated carbocycles. The van der Waals surface area contributed by atoms with Crippen LogP contribution in [-0.2, 0) is 4.79 Å². The number of hydrogen-bond acceptors (Lipinski definition) is 5. The van der Waals surface area contributed by atoms with E-state index in [4.69, 9.17) is 9.15 Å². The van der Waals surface area contributed by atoms with Crippen LogP contribution >= 0.6 is 0 Å². The largest absolute Gasteiger partial charge is 0.502 e. The van der Waals surface area contributed by atoms with Gasteiger partial charge in [0.25, 0.3) is 0 Å². The number of methoxy groups -OCH3 is 1. The van der Waals surface area contributed by atoms with Crippen LogP contribution in [0.4, 0.5) is 5.69 Å². The lowest BCUT2D eigenvalue weighted by Gasteiger charge is -2.08. The van der Waals surface area contributed by atoms with E-state index in [9.17, 15) is 14.7 Å². The first-order valence-electron chi connectivity index (χ1n) is 7.21. The highest BCUT2D eigenvalue weighted by atomic mass is 16.5. The quantitative estimate of drug-likeness (QED) is 0.772. The zero-order valence-electron chi connectivity index (χ0n) is 13.1. The number of benzene rings is 2. The highest BCUT2D eigenvalue weighted by Gasteiger charge is 2.16. The zero-order valence-corrected chi connectivity index (χ0v) is 13.1. The lowest BCUT2D eigenvalue weighted by atomic mass is 10.1. The van der Waals surface area contributed by atoms with Crippen molar-refractivity contribution in [3.63, 3.8) is 0 Å². The van der Waals surface area contributed by atoms with Crippen molar-refractivity contribution in [2.45, 2.75) is 6.92 Å². The highest BCUT2D eigenvalue weighted by Crippen LogP contribution is 2.31. The number of fused-ring (bicyclic) bond motifs is 1. The van der Waals surface area contributed by atoms with Gasteiger partial charge in [-0.2, -0.15) is 0 Å². The van der Waals surface area contributed by atoms with Crippen molar-refractivity contribution in [1.82, 2.24) is 0 Å². The summed E-state index contributed by atoms with van der Waals surface area (Å²) in [6, 6.07) is 11.5. The fourth-order valence-corrected chi connectivity index (χ4v) is 2.40. The van der Waals surface area contributed by atoms with Gasteiger partial charge in [0.2, 0.25) is 17.1 Å². The van der Waals surface area contributed by atoms with Crippen LogP contribution < -0.4 is 15.5 Å². The second-order valence-electron chi connectivity index (χ2n) is 5.23. The minimum atomic E-state index is -0.561. The first-order valence-corrected chi connectivity index (χ1v) is 7.21. The number of carbonyl (C=O) groups is 1. The number of anilines is 1. The first-order chi connectivity index (χ1) is 11.5. The molecule has 24 heavy (non-hydrogen) atoms. The van der Waals surface area contributed by atoms with Gasteiger partial charge in [-0.05, 0) is 42.5 Å². The summed E-state index contributed by atoms with van der Waals surface area (Å²) in [6.45, 7) is 1.37. The Balaban J connectivity index is 2.15. The number of hydrogen-bond donors (Lipinski definition) is 2. The van der Waals surface area contributed by atoms with Gasteiger partial charge < -0.3 is 19.6 Å². The summed E-state index contributed by atoms with van der Waals surface area (Å²) in [4.78, 5) is 23.6. The van der Waals surface area contributed by atoms with Crippen LogP contribution in [0.1, 0.15) is 6.92 Å². The molecule has 1 aromatic heterocycles. The van der Waals surface area contributed by atoms with Crippen molar-refractivity contribution < 1.29 is 19.1 Å². The molecule has 0 unspecified atom stereocenters. The minimum absolute atomic E-state index is 0.0856. The van der Waals surface area contributed by atoms with Crippen LogP contribution in [0.25, 0.3) is 22.3 Å². The molecule has 3 rings (SSSR count). The van der Waals surface area contributed by atoms with Crippen molar-refractivity contribution in [3.05, 3.63) is 52.7 Å². The van der Waals surface area contributed by atoms with Gasteiger partial charge in [-0.3, -0.25) is 9.59 Å². The Morgan fingerprint density at radius 1 is 1.17 bits per heavy atom. The predicted molar refractivity (Wildman–Crippen MR) is 90.4 cm³/mol. The summed E-state index contributed by atoms with van der Waals surface area (Å²) in [5.74, 6) is 0.00853. The summed E-state index contributed by atoms with van der Waals surface area (Å²) in [5.41, 5.74) is 0.768. The summed E-state index contributed by atoms with van der Waals surface area (Å²) < 4.78 is 10.8. The van der Waals surface area contributed by atoms with Crippen LogP contribution in [0.2, 0.25) is 0 Å². The minimum Gasteiger partial charge on any atom is -0.502 e. The van der Waals surface area contributed by atoms with Gasteiger partial charge in [0.15, 0.2) is 5.76 Å². The van der Waals surface area contributed by atoms with Gasteiger partial charge in [0.1, 0.15) is 11.3 Å². The monoisotopic (exact) mass is 325 g/mol. The van der Waals surface area contributed by atoms with Gasteiger partial charge in [-0.25, -0.2) is 0 Å². The third-order valence-electron chi connectivity index (χ3n) is 3.54. The molecule has 6 nitrogen and oxygen atoms in total. The van der Waals surface area contributed by atoms with Crippen molar-refractivity contribution in [2.75, 3.05) is 12.4 Å². The molecule has 1 heterocycles. The normalized spacial score (nSPS) is 10.6. The smallest absolute Gasteiger partial charge is 0.235 e. The van der Waals surface area contributed by atoms with Crippen LogP contribution in [0.5, 0.6) is 11.5 Å². The number of rotatable bonds is 3. The maximum Gasteiger partial charge on any atom is 0.235 e. The van der Waals surface area contributed by atoms with E-state index in [0.717, 1.165) is 0 Å². The molecule has 0 spiro atoms. The van der Waals surface area contributed by atoms with E-state index in [-0.39, 0.29) is 17.1 Å². The standard InChI is InChI=1S/C18H15NO5/c1-10(20)19-12-5-8-15-14(9-12)16(21)17(22)18(24-15)11-3-6-13(23-2)7-4-11/h3-9,22H,1-2H3,(H,19,20). The second-order valence-corrected chi connectivity index (χ2v) is 5.23. The van der Waals surface area contributed by atoms with Gasteiger partial charge in [-0.1, -0.05) is 0 Å². The lowest BCUT2D eigenvalue weighted by molar-refractivity contribution is -0.114. The highest BCUT2D eigenvalue weighted by molar-refractivity contribution is 5.92. The molecular weight excluding hydrogens is 310 g/mol. The molecule has 0 aliphatic carbocycles. The molecule has 2 N–H and O–H groups in total. The molecule has 122 valence electrons. The molecular formula is C18H15NO5. The fourth-order valence-electron chi connectivity index (χ4n) is 2.40. The molecule has 0 radical (unpaired) electrons. The number of aromatic hydroxyl groups is 1. The number of ether oxygens (including phenoxy) is 1. The Kier molecular flexibility index (Phi) is 3.95. The van der Waals surface area contributed by atoms with E-state index in [1.807, 2.05) is 0 Å². The SMILES string of the molecule is COc1ccc(-c2oc3ccc(NC(C)=O)cc3c(=O)c2O)cc1. The van der Waals surface area contributed by atoms with Crippen LogP contribution in [0.15, 0.2) is 51.7 Å². The maximum atomic E-state index is 12.4. The summed E-state index contributed by atoms with van der Waals surface area (Å²) >= 11 is 0. The van der Waals surface area contributed by atoms with Crippen molar-refractivity contribution in [1.29, 1.82) is 0 Å². The topological polar surface area (TPSA) is 88.8 Å². The van der Waals surface area contributed by atoms with Crippen LogP contribution in [-0.4, -0.2) is 18.1 Å². The molecule has 0 aliphatic rings. The molecule has 0 aliphatic heterocycles. The molecule has 0 bridgehead atoms. The van der Waals surface area contributed by atoms with Gasteiger partial charge >= 0.3 is 0 Å². The Labute approximate surface area is 137 Å². The first kappa shape index (κ1) is 15.6. The van der Waals surface area contributed by atoms with Crippen molar-refractivity contribution in [3.8, 4) is 22.8 Å². The third kappa shape index (κ3) is 2.81. The van der Waals surface area contributed by atoms with Gasteiger partial charge in [0.05, 0.1) is 12.5 Å². The van der Waals surface area contributed by atoms with Crippen LogP contribution in [0.3, 0.4) is 0 Å². The van der Waals surface area contributed by atoms with Gasteiger partial charge in [0, 0.05) is 18.2 Å². The average molecular weight is 325 g/mol. The Hall–Kier alpha value is -3.28. The van der Waals surface area contributed by atoms with E-state index in [1.54, 1.807) is 43.5 Å². The molecule has 0 fully saturated rings. The van der Waals surface area contributed by atoms with Crippen molar-refractivity contribution >= 4 is 22.6 Å². The van der Waals surface area contributed by atoms with Gasteiger partial charge in [-0.15, -0.1) is 0 Å². The number of amides is 1. The third-order valence-corrected chi connectivity index (χ3v) is 3.54. The molecule has 1 amide bonds. The summed E-state index contributed by atoms with van der Waals surface area (Å²) in [5, 5.41) is 13.0. The van der Waals surface area contributed by atoms with E-state index in [0.29, 0.717) is 22.6 Å². The molecule has 6 heteroatoms. The van der Waals surface area contributed by atoms with E-state index >= 15 is 0 Å². The molecule has 0 atom stereocenters. The Bertz CT molecular complexity index is 973. The Morgan fingerprint density at radius 3 is 2.50 bits per heavy atom. The number of carbonyl (C=O) groups excluding carboxylic acids is 1. The lowest BCUT2D eigenvalue weighted by Crippen LogP contribution is -2.07. The maximum absolute atomic E-state index is 12.4. The molecule has 3 aromatic rings. The molecule has 0 saturated heterocycles. The zero-order chi connectivity index (χ0) is 17.3.